The molecule has 0 bridgehead atoms. The molecule has 5 nitrogen and oxygen atoms in total. The Bertz CT molecular complexity index is 418. The molecule has 0 saturated carbocycles. The standard InChI is InChI=1S/C13H18N2O3/c1-9(2)11(13(17)18)12(16)15(3)8-10-4-6-14-7-5-10/h4-7,9,11H,8H2,1-3H3,(H,17,18). The van der Waals surface area contributed by atoms with E-state index in [1.54, 1.807) is 45.4 Å². The van der Waals surface area contributed by atoms with Gasteiger partial charge in [-0.15, -0.1) is 0 Å². The van der Waals surface area contributed by atoms with Gasteiger partial charge in [0.15, 0.2) is 0 Å². The van der Waals surface area contributed by atoms with Gasteiger partial charge >= 0.3 is 5.97 Å². The molecule has 1 amide bonds. The minimum atomic E-state index is -1.07. The fourth-order valence-electron chi connectivity index (χ4n) is 1.75. The van der Waals surface area contributed by atoms with Crippen LogP contribution in [0.5, 0.6) is 0 Å². The number of carboxylic acid groups (broad SMARTS) is 1. The third-order valence-electron chi connectivity index (χ3n) is 2.74. The Morgan fingerprint density at radius 3 is 2.33 bits per heavy atom. The lowest BCUT2D eigenvalue weighted by atomic mass is 9.94. The molecule has 1 aromatic heterocycles. The molecule has 1 atom stereocenters. The van der Waals surface area contributed by atoms with Gasteiger partial charge < -0.3 is 10.0 Å². The monoisotopic (exact) mass is 250 g/mol. The van der Waals surface area contributed by atoms with Gasteiger partial charge in [0.2, 0.25) is 5.91 Å². The number of nitrogens with zero attached hydrogens (tertiary/aromatic N) is 2. The summed E-state index contributed by atoms with van der Waals surface area (Å²) in [5.41, 5.74) is 0.925. The number of rotatable bonds is 5. The molecule has 0 fully saturated rings. The number of amides is 1. The van der Waals surface area contributed by atoms with Gasteiger partial charge in [-0.05, 0) is 23.6 Å². The van der Waals surface area contributed by atoms with Crippen LogP contribution in [0.4, 0.5) is 0 Å². The number of hydrogen-bond acceptors (Lipinski definition) is 3. The Labute approximate surface area is 106 Å². The lowest BCUT2D eigenvalue weighted by molar-refractivity contribution is -0.152. The number of pyridine rings is 1. The molecule has 18 heavy (non-hydrogen) atoms. The topological polar surface area (TPSA) is 70.5 Å². The molecule has 5 heteroatoms. The van der Waals surface area contributed by atoms with Crippen LogP contribution >= 0.6 is 0 Å². The molecular formula is C13H18N2O3. The molecule has 1 unspecified atom stereocenters. The SMILES string of the molecule is CC(C)C(C(=O)O)C(=O)N(C)Cc1ccncc1. The molecule has 0 aliphatic rings. The molecule has 0 radical (unpaired) electrons. The van der Waals surface area contributed by atoms with E-state index in [2.05, 4.69) is 4.98 Å². The lowest BCUT2D eigenvalue weighted by Gasteiger charge is -2.23. The Kier molecular flexibility index (Phi) is 4.83. The normalized spacial score (nSPS) is 12.2. The predicted molar refractivity (Wildman–Crippen MR) is 66.7 cm³/mol. The van der Waals surface area contributed by atoms with Crippen molar-refractivity contribution < 1.29 is 14.7 Å². The molecule has 0 saturated heterocycles. The lowest BCUT2D eigenvalue weighted by Crippen LogP contribution is -2.39. The second-order valence-corrected chi connectivity index (χ2v) is 4.61. The minimum absolute atomic E-state index is 0.227. The van der Waals surface area contributed by atoms with Crippen molar-refractivity contribution in [3.8, 4) is 0 Å². The summed E-state index contributed by atoms with van der Waals surface area (Å²) in [4.78, 5) is 28.5. The van der Waals surface area contributed by atoms with Crippen LogP contribution in [-0.2, 0) is 16.1 Å². The van der Waals surface area contributed by atoms with Crippen molar-refractivity contribution in [2.45, 2.75) is 20.4 Å². The Morgan fingerprint density at radius 1 is 1.33 bits per heavy atom. The summed E-state index contributed by atoms with van der Waals surface area (Å²) >= 11 is 0. The van der Waals surface area contributed by atoms with Crippen LogP contribution in [0.2, 0.25) is 0 Å². The van der Waals surface area contributed by atoms with Gasteiger partial charge in [-0.3, -0.25) is 14.6 Å². The first-order valence-corrected chi connectivity index (χ1v) is 5.80. The van der Waals surface area contributed by atoms with Gasteiger partial charge in [-0.1, -0.05) is 13.8 Å². The molecule has 1 N–H and O–H groups in total. The van der Waals surface area contributed by atoms with E-state index in [0.717, 1.165) is 5.56 Å². The van der Waals surface area contributed by atoms with Crippen LogP contribution in [0.15, 0.2) is 24.5 Å². The summed E-state index contributed by atoms with van der Waals surface area (Å²) in [6.07, 6.45) is 3.29. The van der Waals surface area contributed by atoms with E-state index in [1.807, 2.05) is 0 Å². The number of carboxylic acids is 1. The largest absolute Gasteiger partial charge is 0.481 e. The molecule has 0 aliphatic carbocycles. The van der Waals surface area contributed by atoms with Gasteiger partial charge in [0, 0.05) is 26.0 Å². The van der Waals surface area contributed by atoms with E-state index in [1.165, 1.54) is 4.90 Å². The highest BCUT2D eigenvalue weighted by atomic mass is 16.4. The minimum Gasteiger partial charge on any atom is -0.481 e. The highest BCUT2D eigenvalue weighted by molar-refractivity contribution is 5.97. The second-order valence-electron chi connectivity index (χ2n) is 4.61. The molecule has 98 valence electrons. The van der Waals surface area contributed by atoms with Crippen LogP contribution in [0.1, 0.15) is 19.4 Å². The number of carbonyl (C=O) groups excluding carboxylic acids is 1. The molecule has 0 aromatic carbocycles. The van der Waals surface area contributed by atoms with E-state index in [-0.39, 0.29) is 11.8 Å². The zero-order valence-corrected chi connectivity index (χ0v) is 10.8. The van der Waals surface area contributed by atoms with Gasteiger partial charge in [0.05, 0.1) is 0 Å². The Morgan fingerprint density at radius 2 is 1.89 bits per heavy atom. The van der Waals surface area contributed by atoms with Gasteiger partial charge in [0.25, 0.3) is 0 Å². The summed E-state index contributed by atoms with van der Waals surface area (Å²) in [5, 5.41) is 9.07. The first-order valence-electron chi connectivity index (χ1n) is 5.80. The molecule has 0 spiro atoms. The van der Waals surface area contributed by atoms with E-state index >= 15 is 0 Å². The molecule has 1 aromatic rings. The first kappa shape index (κ1) is 14.2. The van der Waals surface area contributed by atoms with Crippen LogP contribution in [0, 0.1) is 11.8 Å². The predicted octanol–water partition coefficient (Wildman–Crippen LogP) is 1.40. The van der Waals surface area contributed by atoms with Crippen LogP contribution < -0.4 is 0 Å². The smallest absolute Gasteiger partial charge is 0.316 e. The van der Waals surface area contributed by atoms with Gasteiger partial charge in [-0.2, -0.15) is 0 Å². The van der Waals surface area contributed by atoms with Crippen molar-refractivity contribution in [3.63, 3.8) is 0 Å². The highest BCUT2D eigenvalue weighted by Crippen LogP contribution is 2.15. The fraction of sp³-hybridized carbons (Fsp3) is 0.462. The van der Waals surface area contributed by atoms with E-state index in [9.17, 15) is 9.59 Å². The highest BCUT2D eigenvalue weighted by Gasteiger charge is 2.31. The zero-order chi connectivity index (χ0) is 13.7. The van der Waals surface area contributed by atoms with Crippen molar-refractivity contribution in [1.82, 2.24) is 9.88 Å². The summed E-state index contributed by atoms with van der Waals surface area (Å²) in [6, 6.07) is 3.60. The van der Waals surface area contributed by atoms with Crippen molar-refractivity contribution >= 4 is 11.9 Å². The number of aromatic nitrogens is 1. The molecular weight excluding hydrogens is 232 g/mol. The summed E-state index contributed by atoms with van der Waals surface area (Å²) in [5.74, 6) is -2.65. The average Bonchev–Trinajstić information content (AvgIpc) is 2.29. The summed E-state index contributed by atoms with van der Waals surface area (Å²) in [6.45, 7) is 3.85. The van der Waals surface area contributed by atoms with Crippen molar-refractivity contribution in [3.05, 3.63) is 30.1 Å². The van der Waals surface area contributed by atoms with Crippen molar-refractivity contribution in [1.29, 1.82) is 0 Å². The third-order valence-corrected chi connectivity index (χ3v) is 2.74. The zero-order valence-electron chi connectivity index (χ0n) is 10.8. The maximum absolute atomic E-state index is 12.1. The molecule has 1 heterocycles. The van der Waals surface area contributed by atoms with E-state index < -0.39 is 11.9 Å². The molecule has 1 rings (SSSR count). The fourth-order valence-corrected chi connectivity index (χ4v) is 1.75. The second kappa shape index (κ2) is 6.14. The number of hydrogen-bond donors (Lipinski definition) is 1. The number of aliphatic carboxylic acids is 1. The summed E-state index contributed by atoms with van der Waals surface area (Å²) in [7, 11) is 1.61. The van der Waals surface area contributed by atoms with E-state index in [0.29, 0.717) is 6.54 Å². The van der Waals surface area contributed by atoms with Crippen LogP contribution in [0.25, 0.3) is 0 Å². The number of carbonyl (C=O) groups is 2. The van der Waals surface area contributed by atoms with Gasteiger partial charge in [0.1, 0.15) is 5.92 Å². The average molecular weight is 250 g/mol. The van der Waals surface area contributed by atoms with Crippen molar-refractivity contribution in [2.24, 2.45) is 11.8 Å². The summed E-state index contributed by atoms with van der Waals surface area (Å²) < 4.78 is 0. The van der Waals surface area contributed by atoms with Crippen LogP contribution in [0.3, 0.4) is 0 Å². The molecule has 0 aliphatic heterocycles. The van der Waals surface area contributed by atoms with Crippen LogP contribution in [-0.4, -0.2) is 33.9 Å². The van der Waals surface area contributed by atoms with Crippen molar-refractivity contribution in [2.75, 3.05) is 7.05 Å². The maximum atomic E-state index is 12.1. The first-order chi connectivity index (χ1) is 8.43. The van der Waals surface area contributed by atoms with Gasteiger partial charge in [-0.25, -0.2) is 0 Å². The Hall–Kier alpha value is -1.91. The Balaban J connectivity index is 2.74. The quantitative estimate of drug-likeness (QED) is 0.802. The van der Waals surface area contributed by atoms with E-state index in [4.69, 9.17) is 5.11 Å². The third kappa shape index (κ3) is 3.55. The maximum Gasteiger partial charge on any atom is 0.316 e.